The molecule has 0 radical (unpaired) electrons. The van der Waals surface area contributed by atoms with Crippen molar-refractivity contribution in [2.24, 2.45) is 0 Å². The molecule has 0 spiro atoms. The molecule has 1 N–H and O–H groups in total. The van der Waals surface area contributed by atoms with Crippen LogP contribution in [0, 0.1) is 11.3 Å². The van der Waals surface area contributed by atoms with Gasteiger partial charge in [0.15, 0.2) is 6.10 Å². The Hall–Kier alpha value is -2.80. The highest BCUT2D eigenvalue weighted by atomic mass is 16.5. The molecule has 0 fully saturated rings. The zero-order valence-corrected chi connectivity index (χ0v) is 14.2. The average molecular weight is 322 g/mol. The van der Waals surface area contributed by atoms with Crippen molar-refractivity contribution in [2.45, 2.75) is 39.2 Å². The number of carbonyl (C=O) groups excluding carboxylic acids is 1. The summed E-state index contributed by atoms with van der Waals surface area (Å²) in [5.41, 5.74) is 2.17. The molecule has 124 valence electrons. The first-order valence-corrected chi connectivity index (χ1v) is 8.11. The third-order valence-corrected chi connectivity index (χ3v) is 4.05. The second-order valence-corrected chi connectivity index (χ2v) is 5.79. The molecule has 4 heteroatoms. The molecule has 24 heavy (non-hydrogen) atoms. The number of para-hydroxylation sites is 1. The maximum atomic E-state index is 12.3. The fraction of sp³-hybridized carbons (Fsp3) is 0.300. The van der Waals surface area contributed by atoms with Crippen molar-refractivity contribution >= 4 is 11.6 Å². The van der Waals surface area contributed by atoms with Gasteiger partial charge in [0.2, 0.25) is 0 Å². The molecule has 0 aromatic heterocycles. The molecule has 0 bridgehead atoms. The quantitative estimate of drug-likeness (QED) is 0.853. The van der Waals surface area contributed by atoms with Crippen LogP contribution in [-0.4, -0.2) is 12.0 Å². The smallest absolute Gasteiger partial charge is 0.265 e. The fourth-order valence-corrected chi connectivity index (χ4v) is 2.29. The molecule has 0 unspecified atom stereocenters. The number of benzene rings is 2. The molecule has 0 aliphatic carbocycles. The van der Waals surface area contributed by atoms with E-state index < -0.39 is 6.10 Å². The van der Waals surface area contributed by atoms with Crippen molar-refractivity contribution in [3.8, 4) is 11.8 Å². The predicted molar refractivity (Wildman–Crippen MR) is 95.0 cm³/mol. The minimum absolute atomic E-state index is 0.288. The Balaban J connectivity index is 2.00. The zero-order valence-electron chi connectivity index (χ0n) is 14.2. The lowest BCUT2D eigenvalue weighted by Gasteiger charge is -2.16. The summed E-state index contributed by atoms with van der Waals surface area (Å²) in [6, 6.07) is 16.8. The maximum Gasteiger partial charge on any atom is 0.265 e. The van der Waals surface area contributed by atoms with Gasteiger partial charge in [-0.1, -0.05) is 38.1 Å². The molecule has 2 rings (SSSR count). The summed E-state index contributed by atoms with van der Waals surface area (Å²) in [4.78, 5) is 12.3. The van der Waals surface area contributed by atoms with Crippen molar-refractivity contribution in [1.29, 1.82) is 5.26 Å². The van der Waals surface area contributed by atoms with Crippen LogP contribution in [0.2, 0.25) is 0 Å². The molecule has 0 aliphatic heterocycles. The highest BCUT2D eigenvalue weighted by Gasteiger charge is 2.16. The fourth-order valence-electron chi connectivity index (χ4n) is 2.29. The van der Waals surface area contributed by atoms with Crippen molar-refractivity contribution in [2.75, 3.05) is 5.32 Å². The molecule has 2 atom stereocenters. The van der Waals surface area contributed by atoms with E-state index in [1.54, 1.807) is 31.2 Å². The topological polar surface area (TPSA) is 62.1 Å². The standard InChI is InChI=1S/C20H22N2O2/c1-4-14(2)16-9-11-18(12-10-16)24-15(3)20(23)22-19-8-6-5-7-17(19)13-21/h5-12,14-15H,4H2,1-3H3,(H,22,23)/t14-,15+/m1/s1. The van der Waals surface area contributed by atoms with Crippen molar-refractivity contribution in [3.63, 3.8) is 0 Å². The molecule has 0 heterocycles. The van der Waals surface area contributed by atoms with Crippen LogP contribution in [0.25, 0.3) is 0 Å². The van der Waals surface area contributed by atoms with Gasteiger partial charge in [-0.15, -0.1) is 0 Å². The number of nitriles is 1. The third-order valence-electron chi connectivity index (χ3n) is 4.05. The molecular formula is C20H22N2O2. The van der Waals surface area contributed by atoms with Gasteiger partial charge in [0.25, 0.3) is 5.91 Å². The highest BCUT2D eigenvalue weighted by molar-refractivity contribution is 5.95. The maximum absolute atomic E-state index is 12.3. The Labute approximate surface area is 143 Å². The van der Waals surface area contributed by atoms with Gasteiger partial charge in [0, 0.05) is 0 Å². The number of rotatable bonds is 6. The van der Waals surface area contributed by atoms with E-state index in [0.717, 1.165) is 6.42 Å². The summed E-state index contributed by atoms with van der Waals surface area (Å²) in [7, 11) is 0. The van der Waals surface area contributed by atoms with E-state index in [9.17, 15) is 4.79 Å². The Bertz CT molecular complexity index is 732. The second-order valence-electron chi connectivity index (χ2n) is 5.79. The molecule has 2 aromatic rings. The van der Waals surface area contributed by atoms with Gasteiger partial charge in [0.1, 0.15) is 11.8 Å². The van der Waals surface area contributed by atoms with Crippen molar-refractivity contribution in [3.05, 3.63) is 59.7 Å². The largest absolute Gasteiger partial charge is 0.481 e. The normalized spacial score (nSPS) is 12.8. The number of nitrogens with zero attached hydrogens (tertiary/aromatic N) is 1. The van der Waals surface area contributed by atoms with Gasteiger partial charge < -0.3 is 10.1 Å². The van der Waals surface area contributed by atoms with Crippen LogP contribution in [0.3, 0.4) is 0 Å². The van der Waals surface area contributed by atoms with Gasteiger partial charge in [-0.3, -0.25) is 4.79 Å². The van der Waals surface area contributed by atoms with E-state index in [4.69, 9.17) is 10.00 Å². The minimum Gasteiger partial charge on any atom is -0.481 e. The predicted octanol–water partition coefficient (Wildman–Crippen LogP) is 4.48. The van der Waals surface area contributed by atoms with Crippen LogP contribution in [-0.2, 0) is 4.79 Å². The molecule has 0 aliphatic rings. The van der Waals surface area contributed by atoms with Crippen LogP contribution in [0.4, 0.5) is 5.69 Å². The first kappa shape index (κ1) is 17.6. The number of anilines is 1. The van der Waals surface area contributed by atoms with Gasteiger partial charge >= 0.3 is 0 Å². The van der Waals surface area contributed by atoms with Crippen LogP contribution >= 0.6 is 0 Å². The van der Waals surface area contributed by atoms with Gasteiger partial charge in [-0.05, 0) is 49.1 Å². The van der Waals surface area contributed by atoms with E-state index in [-0.39, 0.29) is 5.91 Å². The van der Waals surface area contributed by atoms with E-state index in [0.29, 0.717) is 22.9 Å². The third kappa shape index (κ3) is 4.36. The second kappa shape index (κ2) is 8.16. The van der Waals surface area contributed by atoms with Gasteiger partial charge in [-0.25, -0.2) is 0 Å². The molecule has 0 saturated heterocycles. The average Bonchev–Trinajstić information content (AvgIpc) is 2.62. The van der Waals surface area contributed by atoms with E-state index in [1.807, 2.05) is 24.3 Å². The molecular weight excluding hydrogens is 300 g/mol. The Morgan fingerprint density at radius 1 is 1.17 bits per heavy atom. The summed E-state index contributed by atoms with van der Waals surface area (Å²) in [6.07, 6.45) is 0.420. The lowest BCUT2D eigenvalue weighted by molar-refractivity contribution is -0.122. The SMILES string of the molecule is CC[C@@H](C)c1ccc(O[C@@H](C)C(=O)Nc2ccccc2C#N)cc1. The Kier molecular flexibility index (Phi) is 5.97. The lowest BCUT2D eigenvalue weighted by Crippen LogP contribution is -2.30. The summed E-state index contributed by atoms with van der Waals surface area (Å²) in [5.74, 6) is 0.865. The van der Waals surface area contributed by atoms with Crippen LogP contribution < -0.4 is 10.1 Å². The van der Waals surface area contributed by atoms with Crippen molar-refractivity contribution in [1.82, 2.24) is 0 Å². The number of ether oxygens (including phenoxy) is 1. The molecule has 4 nitrogen and oxygen atoms in total. The van der Waals surface area contributed by atoms with E-state index in [2.05, 4.69) is 25.2 Å². The van der Waals surface area contributed by atoms with E-state index >= 15 is 0 Å². The van der Waals surface area contributed by atoms with Gasteiger partial charge in [-0.2, -0.15) is 5.26 Å². The molecule has 0 saturated carbocycles. The van der Waals surface area contributed by atoms with Crippen molar-refractivity contribution < 1.29 is 9.53 Å². The summed E-state index contributed by atoms with van der Waals surface area (Å²) < 4.78 is 5.70. The zero-order chi connectivity index (χ0) is 17.5. The highest BCUT2D eigenvalue weighted by Crippen LogP contribution is 2.22. The van der Waals surface area contributed by atoms with Gasteiger partial charge in [0.05, 0.1) is 11.3 Å². The number of nitrogens with one attached hydrogen (secondary N) is 1. The van der Waals surface area contributed by atoms with Crippen LogP contribution in [0.15, 0.2) is 48.5 Å². The summed E-state index contributed by atoms with van der Waals surface area (Å²) in [6.45, 7) is 6.02. The number of amides is 1. The Morgan fingerprint density at radius 2 is 1.83 bits per heavy atom. The lowest BCUT2D eigenvalue weighted by atomic mass is 9.99. The Morgan fingerprint density at radius 3 is 2.46 bits per heavy atom. The minimum atomic E-state index is -0.661. The number of hydrogen-bond acceptors (Lipinski definition) is 3. The number of hydrogen-bond donors (Lipinski definition) is 1. The summed E-state index contributed by atoms with van der Waals surface area (Å²) in [5, 5.41) is 11.8. The molecule has 2 aromatic carbocycles. The van der Waals surface area contributed by atoms with Crippen LogP contribution in [0.1, 0.15) is 44.2 Å². The monoisotopic (exact) mass is 322 g/mol. The molecule has 1 amide bonds. The summed E-state index contributed by atoms with van der Waals surface area (Å²) >= 11 is 0. The first-order valence-electron chi connectivity index (χ1n) is 8.11. The van der Waals surface area contributed by atoms with E-state index in [1.165, 1.54) is 5.56 Å². The first-order chi connectivity index (χ1) is 11.5. The number of carbonyl (C=O) groups is 1. The van der Waals surface area contributed by atoms with Crippen LogP contribution in [0.5, 0.6) is 5.75 Å².